The summed E-state index contributed by atoms with van der Waals surface area (Å²) in [7, 11) is 1.84. The molecule has 0 aromatic carbocycles. The topological polar surface area (TPSA) is 40.6 Å². The van der Waals surface area contributed by atoms with E-state index in [0.29, 0.717) is 13.1 Å². The lowest BCUT2D eigenvalue weighted by Gasteiger charge is -2.33. The van der Waals surface area contributed by atoms with Crippen LogP contribution in [0, 0.1) is 5.92 Å². The minimum atomic E-state index is -0.101. The van der Waals surface area contributed by atoms with Gasteiger partial charge in [-0.1, -0.05) is 6.07 Å². The Hall–Kier alpha value is -1.18. The standard InChI is InChI=1S/C17H19BrN2O2S2/c1-19(11-13-6-7-15(18)24-13)16(21)12-4-2-8-20(10-12)17(22)14-5-3-9-23-14/h3,5-7,9,12H,2,4,8,10-11H2,1H3. The fraction of sp³-hybridized carbons (Fsp3) is 0.412. The number of halogens is 1. The van der Waals surface area contributed by atoms with E-state index >= 15 is 0 Å². The Morgan fingerprint density at radius 1 is 1.38 bits per heavy atom. The molecular weight excluding hydrogens is 408 g/mol. The highest BCUT2D eigenvalue weighted by atomic mass is 79.9. The summed E-state index contributed by atoms with van der Waals surface area (Å²) in [5, 5.41) is 1.91. The van der Waals surface area contributed by atoms with Gasteiger partial charge in [0, 0.05) is 25.0 Å². The van der Waals surface area contributed by atoms with E-state index in [1.807, 2.05) is 41.6 Å². The fourth-order valence-corrected chi connectivity index (χ4v) is 5.21. The molecule has 2 aromatic rings. The molecule has 1 saturated heterocycles. The number of likely N-dealkylation sites (tertiary alicyclic amines) is 1. The number of rotatable bonds is 4. The van der Waals surface area contributed by atoms with Crippen LogP contribution in [0.5, 0.6) is 0 Å². The highest BCUT2D eigenvalue weighted by Crippen LogP contribution is 2.25. The van der Waals surface area contributed by atoms with Crippen LogP contribution in [0.1, 0.15) is 27.4 Å². The second kappa shape index (κ2) is 7.80. The van der Waals surface area contributed by atoms with Gasteiger partial charge in [-0.25, -0.2) is 0 Å². The lowest BCUT2D eigenvalue weighted by atomic mass is 9.96. The van der Waals surface area contributed by atoms with Gasteiger partial charge in [-0.2, -0.15) is 0 Å². The largest absolute Gasteiger partial charge is 0.340 e. The van der Waals surface area contributed by atoms with Gasteiger partial charge in [0.15, 0.2) is 0 Å². The van der Waals surface area contributed by atoms with Crippen molar-refractivity contribution >= 4 is 50.4 Å². The van der Waals surface area contributed by atoms with Crippen LogP contribution in [0.15, 0.2) is 33.4 Å². The molecule has 2 amide bonds. The van der Waals surface area contributed by atoms with Crippen LogP contribution in [0.4, 0.5) is 0 Å². The molecule has 3 rings (SSSR count). The van der Waals surface area contributed by atoms with Gasteiger partial charge in [-0.05, 0) is 52.4 Å². The van der Waals surface area contributed by atoms with Crippen molar-refractivity contribution in [2.24, 2.45) is 5.92 Å². The predicted octanol–water partition coefficient (Wildman–Crippen LogP) is 4.08. The molecule has 1 fully saturated rings. The molecule has 7 heteroatoms. The van der Waals surface area contributed by atoms with Crippen molar-refractivity contribution in [3.05, 3.63) is 43.2 Å². The van der Waals surface area contributed by atoms with Crippen LogP contribution in [0.25, 0.3) is 0 Å². The van der Waals surface area contributed by atoms with E-state index in [-0.39, 0.29) is 17.7 Å². The maximum absolute atomic E-state index is 12.7. The molecule has 1 unspecified atom stereocenters. The van der Waals surface area contributed by atoms with E-state index in [0.717, 1.165) is 32.9 Å². The molecule has 0 N–H and O–H groups in total. The van der Waals surface area contributed by atoms with Gasteiger partial charge in [0.25, 0.3) is 5.91 Å². The number of hydrogen-bond donors (Lipinski definition) is 0. The molecule has 24 heavy (non-hydrogen) atoms. The maximum atomic E-state index is 12.7. The summed E-state index contributed by atoms with van der Waals surface area (Å²) in [6, 6.07) is 7.77. The van der Waals surface area contributed by atoms with Crippen molar-refractivity contribution in [1.82, 2.24) is 9.80 Å². The molecule has 0 saturated carbocycles. The summed E-state index contributed by atoms with van der Waals surface area (Å²) in [4.78, 5) is 30.8. The van der Waals surface area contributed by atoms with Gasteiger partial charge < -0.3 is 9.80 Å². The molecule has 0 aliphatic carbocycles. The zero-order valence-electron chi connectivity index (χ0n) is 13.4. The van der Waals surface area contributed by atoms with E-state index in [1.54, 1.807) is 16.2 Å². The Morgan fingerprint density at radius 2 is 2.21 bits per heavy atom. The minimum absolute atomic E-state index is 0.0485. The Labute approximate surface area is 158 Å². The zero-order chi connectivity index (χ0) is 17.1. The fourth-order valence-electron chi connectivity index (χ4n) is 2.98. The van der Waals surface area contributed by atoms with Crippen molar-refractivity contribution in [3.63, 3.8) is 0 Å². The molecule has 1 atom stereocenters. The highest BCUT2D eigenvalue weighted by molar-refractivity contribution is 9.11. The van der Waals surface area contributed by atoms with Gasteiger partial charge >= 0.3 is 0 Å². The van der Waals surface area contributed by atoms with Crippen LogP contribution >= 0.6 is 38.6 Å². The summed E-state index contributed by atoms with van der Waals surface area (Å²) in [5.74, 6) is 0.0756. The zero-order valence-corrected chi connectivity index (χ0v) is 16.6. The van der Waals surface area contributed by atoms with Gasteiger partial charge in [0.2, 0.25) is 5.91 Å². The molecule has 2 aromatic heterocycles. The van der Waals surface area contributed by atoms with Crippen molar-refractivity contribution < 1.29 is 9.59 Å². The third-order valence-corrected chi connectivity index (χ3v) is 6.65. The first-order chi connectivity index (χ1) is 11.5. The lowest BCUT2D eigenvalue weighted by molar-refractivity contribution is -0.136. The lowest BCUT2D eigenvalue weighted by Crippen LogP contribution is -2.45. The number of thiophene rings is 2. The highest BCUT2D eigenvalue weighted by Gasteiger charge is 2.30. The third-order valence-electron chi connectivity index (χ3n) is 4.19. The average Bonchev–Trinajstić information content (AvgIpc) is 3.25. The molecule has 0 bridgehead atoms. The van der Waals surface area contributed by atoms with Crippen molar-refractivity contribution in [2.75, 3.05) is 20.1 Å². The van der Waals surface area contributed by atoms with Crippen molar-refractivity contribution in [1.29, 1.82) is 0 Å². The third kappa shape index (κ3) is 4.07. The predicted molar refractivity (Wildman–Crippen MR) is 101 cm³/mol. The molecule has 3 heterocycles. The number of hydrogen-bond acceptors (Lipinski definition) is 4. The first kappa shape index (κ1) is 17.6. The summed E-state index contributed by atoms with van der Waals surface area (Å²) >= 11 is 6.55. The van der Waals surface area contributed by atoms with Crippen LogP contribution < -0.4 is 0 Å². The van der Waals surface area contributed by atoms with Crippen LogP contribution in [-0.4, -0.2) is 41.8 Å². The molecule has 128 valence electrons. The van der Waals surface area contributed by atoms with Gasteiger partial charge in [-0.15, -0.1) is 22.7 Å². The van der Waals surface area contributed by atoms with E-state index in [1.165, 1.54) is 11.3 Å². The number of piperidine rings is 1. The SMILES string of the molecule is CN(Cc1ccc(Br)s1)C(=O)C1CCCN(C(=O)c2cccs2)C1. The van der Waals surface area contributed by atoms with Crippen molar-refractivity contribution in [3.8, 4) is 0 Å². The Balaban J connectivity index is 1.61. The monoisotopic (exact) mass is 426 g/mol. The van der Waals surface area contributed by atoms with Gasteiger partial charge in [0.05, 0.1) is 21.1 Å². The smallest absolute Gasteiger partial charge is 0.263 e. The average molecular weight is 427 g/mol. The normalized spacial score (nSPS) is 17.8. The molecule has 4 nitrogen and oxygen atoms in total. The maximum Gasteiger partial charge on any atom is 0.263 e. The van der Waals surface area contributed by atoms with Crippen LogP contribution in [-0.2, 0) is 11.3 Å². The molecule has 0 spiro atoms. The van der Waals surface area contributed by atoms with E-state index < -0.39 is 0 Å². The van der Waals surface area contributed by atoms with Crippen molar-refractivity contribution in [2.45, 2.75) is 19.4 Å². The number of carbonyl (C=O) groups excluding carboxylic acids is 2. The quantitative estimate of drug-likeness (QED) is 0.738. The molecular formula is C17H19BrN2O2S2. The van der Waals surface area contributed by atoms with E-state index in [4.69, 9.17) is 0 Å². The first-order valence-electron chi connectivity index (χ1n) is 7.86. The summed E-state index contributed by atoms with van der Waals surface area (Å²) < 4.78 is 1.07. The molecule has 1 aliphatic rings. The van der Waals surface area contributed by atoms with E-state index in [2.05, 4.69) is 15.9 Å². The summed E-state index contributed by atoms with van der Waals surface area (Å²) in [6.45, 7) is 1.88. The Morgan fingerprint density at radius 3 is 2.88 bits per heavy atom. The number of nitrogens with zero attached hydrogens (tertiary/aromatic N) is 2. The van der Waals surface area contributed by atoms with E-state index in [9.17, 15) is 9.59 Å². The number of carbonyl (C=O) groups is 2. The molecule has 1 aliphatic heterocycles. The summed E-state index contributed by atoms with van der Waals surface area (Å²) in [6.07, 6.45) is 1.73. The van der Waals surface area contributed by atoms with Gasteiger partial charge in [-0.3, -0.25) is 9.59 Å². The Kier molecular flexibility index (Phi) is 5.73. The minimum Gasteiger partial charge on any atom is -0.340 e. The Bertz CT molecular complexity index is 714. The first-order valence-corrected chi connectivity index (χ1v) is 10.4. The second-order valence-corrected chi connectivity index (χ2v) is 9.46. The number of amides is 2. The van der Waals surface area contributed by atoms with Crippen LogP contribution in [0.2, 0.25) is 0 Å². The van der Waals surface area contributed by atoms with Gasteiger partial charge in [0.1, 0.15) is 0 Å². The molecule has 0 radical (unpaired) electrons. The summed E-state index contributed by atoms with van der Waals surface area (Å²) in [5.41, 5.74) is 0. The van der Waals surface area contributed by atoms with Crippen LogP contribution in [0.3, 0.4) is 0 Å². The second-order valence-electron chi connectivity index (χ2n) is 5.97.